The highest BCUT2D eigenvalue weighted by molar-refractivity contribution is 6.17. The summed E-state index contributed by atoms with van der Waals surface area (Å²) in [6, 6.07) is 50.1. The van der Waals surface area contributed by atoms with Crippen LogP contribution in [0.4, 0.5) is 0 Å². The molecule has 6 aromatic carbocycles. The fraction of sp³-hybridized carbons (Fsp3) is 0.0455. The molecule has 1 aromatic heterocycles. The molecule has 0 spiro atoms. The fourth-order valence-electron chi connectivity index (χ4n) is 6.70. The Bertz CT molecular complexity index is 2420. The lowest BCUT2D eigenvalue weighted by atomic mass is 9.87. The third-order valence-electron chi connectivity index (χ3n) is 8.99. The maximum atomic E-state index is 6.45. The van der Waals surface area contributed by atoms with Gasteiger partial charge < -0.3 is 10.2 Å². The lowest BCUT2D eigenvalue weighted by Gasteiger charge is -2.28. The van der Waals surface area contributed by atoms with Gasteiger partial charge in [0.15, 0.2) is 11.2 Å². The van der Waals surface area contributed by atoms with Crippen LogP contribution in [-0.4, -0.2) is 17.5 Å². The van der Waals surface area contributed by atoms with Crippen LogP contribution in [0.15, 0.2) is 174 Å². The quantitative estimate of drug-likeness (QED) is 0.178. The Labute approximate surface area is 285 Å². The Balaban J connectivity index is 1.34. The molecule has 236 valence electrons. The monoisotopic (exact) mass is 634 g/mol. The van der Waals surface area contributed by atoms with Gasteiger partial charge in [-0.1, -0.05) is 140 Å². The first-order chi connectivity index (χ1) is 24.2. The summed E-state index contributed by atoms with van der Waals surface area (Å²) in [7, 11) is 1.77. The summed E-state index contributed by atoms with van der Waals surface area (Å²) >= 11 is 0. The number of hydrogen-bond donors (Lipinski definition) is 1. The van der Waals surface area contributed by atoms with Crippen molar-refractivity contribution < 1.29 is 4.84 Å². The first-order valence-electron chi connectivity index (χ1n) is 16.4. The molecule has 0 saturated carbocycles. The minimum Gasteiger partial charge on any atom is -0.373 e. The predicted molar refractivity (Wildman–Crippen MR) is 202 cm³/mol. The highest BCUT2D eigenvalue weighted by atomic mass is 16.7. The average Bonchev–Trinajstić information content (AvgIpc) is 3.17. The van der Waals surface area contributed by atoms with Crippen molar-refractivity contribution in [3.63, 3.8) is 0 Å². The number of hydrogen-bond acceptors (Lipinski definition) is 4. The highest BCUT2D eigenvalue weighted by Gasteiger charge is 2.25. The number of aliphatic imine (C=N–C) groups is 1. The Kier molecular flexibility index (Phi) is 7.92. The van der Waals surface area contributed by atoms with Gasteiger partial charge in [0, 0.05) is 29.4 Å². The van der Waals surface area contributed by atoms with Crippen LogP contribution in [0.2, 0.25) is 0 Å². The molecule has 0 fully saturated rings. The standard InChI is InChI=1S/C44H34N4O/c1-3-30-16-10-15-25-40(30)49-48-29-33(26-27-41(48)45-2)42-34-21-11-13-23-36(34)43(37-24-14-12-22-35(37)42)44-46-38(31-17-6-4-7-18-31)28-39(47-44)32-19-8-5-9-20-32/h3-29,44,46H,1H2,2H3. The average molecular weight is 635 g/mol. The first kappa shape index (κ1) is 29.9. The van der Waals surface area contributed by atoms with Crippen LogP contribution >= 0.6 is 0 Å². The number of para-hydroxylation sites is 1. The van der Waals surface area contributed by atoms with E-state index in [1.807, 2.05) is 48.7 Å². The van der Waals surface area contributed by atoms with Crippen molar-refractivity contribution in [3.05, 3.63) is 192 Å². The number of aromatic nitrogens is 1. The molecule has 2 heterocycles. The number of rotatable bonds is 7. The zero-order valence-electron chi connectivity index (χ0n) is 27.1. The lowest BCUT2D eigenvalue weighted by Crippen LogP contribution is -2.25. The number of fused-ring (bicyclic) bond motifs is 2. The molecule has 49 heavy (non-hydrogen) atoms. The molecule has 1 atom stereocenters. The van der Waals surface area contributed by atoms with E-state index in [9.17, 15) is 0 Å². The van der Waals surface area contributed by atoms with Gasteiger partial charge in [0.25, 0.3) is 0 Å². The van der Waals surface area contributed by atoms with Gasteiger partial charge >= 0.3 is 0 Å². The normalized spacial score (nSPS) is 14.6. The fourth-order valence-corrected chi connectivity index (χ4v) is 6.70. The van der Waals surface area contributed by atoms with Crippen LogP contribution in [0.1, 0.15) is 28.4 Å². The summed E-state index contributed by atoms with van der Waals surface area (Å²) < 4.78 is 1.74. The van der Waals surface area contributed by atoms with Gasteiger partial charge in [0.2, 0.25) is 0 Å². The van der Waals surface area contributed by atoms with Gasteiger partial charge in [0.05, 0.1) is 11.9 Å². The van der Waals surface area contributed by atoms with E-state index < -0.39 is 0 Å². The van der Waals surface area contributed by atoms with E-state index in [2.05, 4.69) is 126 Å². The summed E-state index contributed by atoms with van der Waals surface area (Å²) in [5.74, 6) is 0.701. The number of nitrogens with one attached hydrogen (secondary N) is 1. The molecule has 0 radical (unpaired) electrons. The van der Waals surface area contributed by atoms with Crippen LogP contribution in [0.25, 0.3) is 44.4 Å². The van der Waals surface area contributed by atoms with Crippen molar-refractivity contribution in [2.24, 2.45) is 9.98 Å². The molecule has 1 N–H and O–H groups in total. The van der Waals surface area contributed by atoms with Crippen molar-refractivity contribution in [3.8, 4) is 16.9 Å². The molecule has 1 unspecified atom stereocenters. The molecule has 5 heteroatoms. The van der Waals surface area contributed by atoms with Crippen LogP contribution < -0.4 is 15.6 Å². The van der Waals surface area contributed by atoms with Gasteiger partial charge in [-0.15, -0.1) is 0 Å². The maximum absolute atomic E-state index is 6.45. The largest absolute Gasteiger partial charge is 0.373 e. The van der Waals surface area contributed by atoms with Crippen LogP contribution in [-0.2, 0) is 0 Å². The summed E-state index contributed by atoms with van der Waals surface area (Å²) in [5, 5.41) is 8.34. The molecule has 8 rings (SSSR count). The second-order valence-corrected chi connectivity index (χ2v) is 11.9. The molecule has 0 saturated heterocycles. The Hall–Kier alpha value is -6.46. The minimum atomic E-state index is -0.329. The summed E-state index contributed by atoms with van der Waals surface area (Å²) in [6.45, 7) is 3.97. The Morgan fingerprint density at radius 1 is 0.673 bits per heavy atom. The van der Waals surface area contributed by atoms with Crippen molar-refractivity contribution in [2.45, 2.75) is 6.17 Å². The summed E-state index contributed by atoms with van der Waals surface area (Å²) in [5.41, 5.74) is 9.04. The topological polar surface area (TPSA) is 50.9 Å². The summed E-state index contributed by atoms with van der Waals surface area (Å²) in [6.07, 6.45) is 5.65. The van der Waals surface area contributed by atoms with Gasteiger partial charge in [-0.3, -0.25) is 9.98 Å². The number of benzene rings is 6. The molecule has 0 aliphatic carbocycles. The van der Waals surface area contributed by atoms with E-state index in [0.29, 0.717) is 11.2 Å². The SMILES string of the molecule is C=Cc1ccccc1On1cc(-c2c3ccccc3c(C3N=C(c4ccccc4)C=C(c4ccccc4)N3)c3ccccc23)ccc1=NC. The number of nitrogens with zero attached hydrogens (tertiary/aromatic N) is 3. The number of pyridine rings is 1. The highest BCUT2D eigenvalue weighted by Crippen LogP contribution is 2.43. The zero-order valence-corrected chi connectivity index (χ0v) is 27.1. The predicted octanol–water partition coefficient (Wildman–Crippen LogP) is 9.61. The van der Waals surface area contributed by atoms with E-state index in [1.54, 1.807) is 17.9 Å². The molecular formula is C44H34N4O. The van der Waals surface area contributed by atoms with E-state index >= 15 is 0 Å². The van der Waals surface area contributed by atoms with E-state index in [-0.39, 0.29) is 6.17 Å². The third kappa shape index (κ3) is 5.62. The third-order valence-corrected chi connectivity index (χ3v) is 8.99. The Morgan fingerprint density at radius 3 is 1.92 bits per heavy atom. The van der Waals surface area contributed by atoms with Crippen molar-refractivity contribution in [1.82, 2.24) is 10.0 Å². The van der Waals surface area contributed by atoms with Crippen LogP contribution in [0.3, 0.4) is 0 Å². The zero-order chi connectivity index (χ0) is 33.2. The van der Waals surface area contributed by atoms with Crippen LogP contribution in [0.5, 0.6) is 5.75 Å². The second-order valence-electron chi connectivity index (χ2n) is 11.9. The van der Waals surface area contributed by atoms with E-state index in [1.165, 1.54) is 0 Å². The first-order valence-corrected chi connectivity index (χ1v) is 16.4. The van der Waals surface area contributed by atoms with Crippen LogP contribution in [0, 0.1) is 0 Å². The number of allylic oxidation sites excluding steroid dienone is 1. The Morgan fingerprint density at radius 2 is 1.27 bits per heavy atom. The molecule has 5 nitrogen and oxygen atoms in total. The molecule has 7 aromatic rings. The van der Waals surface area contributed by atoms with Gasteiger partial charge in [0.1, 0.15) is 6.17 Å². The van der Waals surface area contributed by atoms with Gasteiger partial charge in [-0.2, -0.15) is 4.73 Å². The maximum Gasteiger partial charge on any atom is 0.163 e. The lowest BCUT2D eigenvalue weighted by molar-refractivity contribution is 0.201. The summed E-state index contributed by atoms with van der Waals surface area (Å²) in [4.78, 5) is 16.3. The van der Waals surface area contributed by atoms with E-state index in [4.69, 9.17) is 9.83 Å². The minimum absolute atomic E-state index is 0.329. The van der Waals surface area contributed by atoms with Crippen molar-refractivity contribution in [2.75, 3.05) is 7.05 Å². The molecule has 0 bridgehead atoms. The van der Waals surface area contributed by atoms with Crippen molar-refractivity contribution in [1.29, 1.82) is 0 Å². The van der Waals surface area contributed by atoms with E-state index in [0.717, 1.165) is 66.3 Å². The molecular weight excluding hydrogens is 601 g/mol. The van der Waals surface area contributed by atoms with Gasteiger partial charge in [-0.05, 0) is 62.5 Å². The molecule has 1 aliphatic rings. The molecule has 1 aliphatic heterocycles. The van der Waals surface area contributed by atoms with Crippen molar-refractivity contribution >= 4 is 39.0 Å². The smallest absolute Gasteiger partial charge is 0.163 e. The second kappa shape index (κ2) is 13.0. The molecule has 0 amide bonds. The van der Waals surface area contributed by atoms with Gasteiger partial charge in [-0.25, -0.2) is 0 Å².